The number of benzene rings is 1. The minimum absolute atomic E-state index is 0.277. The van der Waals surface area contributed by atoms with Gasteiger partial charge in [-0.25, -0.2) is 0 Å². The Morgan fingerprint density at radius 3 is 2.69 bits per heavy atom. The zero-order valence-electron chi connectivity index (χ0n) is 19.7. The van der Waals surface area contributed by atoms with Crippen molar-refractivity contribution in [1.29, 1.82) is 0 Å². The fraction of sp³-hybridized carbons (Fsp3) is 0.621. The molecule has 1 aliphatic heterocycles. The second-order valence-corrected chi connectivity index (χ2v) is 11.4. The van der Waals surface area contributed by atoms with Gasteiger partial charge in [0, 0.05) is 45.1 Å². The molecule has 170 valence electrons. The first-order valence-electron chi connectivity index (χ1n) is 13.1. The molecule has 4 aliphatic carbocycles. The zero-order valence-corrected chi connectivity index (χ0v) is 19.7. The van der Waals surface area contributed by atoms with Gasteiger partial charge >= 0.3 is 0 Å². The van der Waals surface area contributed by atoms with Crippen LogP contribution in [-0.4, -0.2) is 36.9 Å². The quantitative estimate of drug-likeness (QED) is 0.699. The van der Waals surface area contributed by atoms with Crippen molar-refractivity contribution in [3.63, 3.8) is 0 Å². The fourth-order valence-electron chi connectivity index (χ4n) is 7.89. The molecular weight excluding hydrogens is 392 g/mol. The molecule has 0 amide bonds. The van der Waals surface area contributed by atoms with Gasteiger partial charge < -0.3 is 5.32 Å². The van der Waals surface area contributed by atoms with Crippen LogP contribution in [0.5, 0.6) is 0 Å². The van der Waals surface area contributed by atoms with E-state index in [9.17, 15) is 4.79 Å². The molecule has 0 radical (unpaired) electrons. The Morgan fingerprint density at radius 2 is 1.88 bits per heavy atom. The monoisotopic (exact) mass is 430 g/mol. The van der Waals surface area contributed by atoms with Crippen LogP contribution < -0.4 is 5.32 Å². The summed E-state index contributed by atoms with van der Waals surface area (Å²) in [6, 6.07) is 9.30. The van der Waals surface area contributed by atoms with Gasteiger partial charge in [0.25, 0.3) is 0 Å². The molecule has 1 saturated heterocycles. The van der Waals surface area contributed by atoms with Gasteiger partial charge in [-0.3, -0.25) is 9.69 Å². The lowest BCUT2D eigenvalue weighted by Gasteiger charge is -2.48. The minimum atomic E-state index is 0.277. The van der Waals surface area contributed by atoms with Crippen molar-refractivity contribution in [2.75, 3.05) is 26.2 Å². The molecule has 6 rings (SSSR count). The minimum Gasteiger partial charge on any atom is -0.314 e. The predicted octanol–water partition coefficient (Wildman–Crippen LogP) is 5.38. The Morgan fingerprint density at radius 1 is 1.06 bits per heavy atom. The van der Waals surface area contributed by atoms with Crippen molar-refractivity contribution in [2.24, 2.45) is 17.3 Å². The lowest BCUT2D eigenvalue weighted by molar-refractivity contribution is -0.115. The first kappa shape index (κ1) is 20.9. The van der Waals surface area contributed by atoms with Crippen molar-refractivity contribution in [1.82, 2.24) is 10.2 Å². The van der Waals surface area contributed by atoms with Crippen molar-refractivity contribution >= 4 is 5.78 Å². The van der Waals surface area contributed by atoms with E-state index < -0.39 is 0 Å². The summed E-state index contributed by atoms with van der Waals surface area (Å²) in [5.41, 5.74) is 8.03. The van der Waals surface area contributed by atoms with Gasteiger partial charge in [-0.05, 0) is 84.1 Å². The SMILES string of the molecule is C[C@@]12CCC[C@H]1[C@@H]1CCC3=CC(=O)CC(c4ccc(CN5CCNCC5)cc4)C3=C1CC2. The van der Waals surface area contributed by atoms with E-state index in [-0.39, 0.29) is 5.92 Å². The number of allylic oxidation sites excluding steroid dienone is 4. The van der Waals surface area contributed by atoms with E-state index in [2.05, 4.69) is 41.4 Å². The highest BCUT2D eigenvalue weighted by Gasteiger charge is 2.49. The summed E-state index contributed by atoms with van der Waals surface area (Å²) in [5.74, 6) is 2.25. The third-order valence-corrected chi connectivity index (χ3v) is 9.56. The number of piperazine rings is 1. The molecule has 1 unspecified atom stereocenters. The Balaban J connectivity index is 1.31. The van der Waals surface area contributed by atoms with Crippen LogP contribution in [0.2, 0.25) is 0 Å². The van der Waals surface area contributed by atoms with Crippen molar-refractivity contribution in [3.05, 3.63) is 58.2 Å². The van der Waals surface area contributed by atoms with Gasteiger partial charge in [-0.1, -0.05) is 43.2 Å². The second kappa shape index (κ2) is 8.25. The van der Waals surface area contributed by atoms with E-state index in [1.807, 2.05) is 6.08 Å². The number of hydrogen-bond acceptors (Lipinski definition) is 3. The van der Waals surface area contributed by atoms with Crippen LogP contribution in [0.4, 0.5) is 0 Å². The number of nitrogens with zero attached hydrogens (tertiary/aromatic N) is 1. The molecule has 3 heteroatoms. The highest BCUT2D eigenvalue weighted by atomic mass is 16.1. The maximum absolute atomic E-state index is 12.7. The molecule has 1 aromatic rings. The van der Waals surface area contributed by atoms with Gasteiger partial charge in [-0.15, -0.1) is 0 Å². The van der Waals surface area contributed by atoms with E-state index in [4.69, 9.17) is 0 Å². The fourth-order valence-corrected chi connectivity index (χ4v) is 7.89. The smallest absolute Gasteiger partial charge is 0.156 e. The summed E-state index contributed by atoms with van der Waals surface area (Å²) in [4.78, 5) is 15.2. The summed E-state index contributed by atoms with van der Waals surface area (Å²) in [6.07, 6.45) is 11.9. The molecule has 1 heterocycles. The summed E-state index contributed by atoms with van der Waals surface area (Å²) in [5, 5.41) is 3.44. The van der Waals surface area contributed by atoms with Gasteiger partial charge in [0.1, 0.15) is 0 Å². The van der Waals surface area contributed by atoms with E-state index >= 15 is 0 Å². The number of rotatable bonds is 3. The lowest BCUT2D eigenvalue weighted by atomic mass is 9.56. The standard InChI is InChI=1S/C29H38N2O/c1-29-11-2-3-27(29)24-9-8-22-17-23(32)18-26(28(22)25(24)10-12-29)21-6-4-20(5-7-21)19-31-15-13-30-14-16-31/h4-7,17,24,26-27,30H,2-3,8-16,18-19H2,1H3/t24-,26?,27+,29+/m1/s1. The average Bonchev–Trinajstić information content (AvgIpc) is 3.21. The van der Waals surface area contributed by atoms with Gasteiger partial charge in [0.15, 0.2) is 5.78 Å². The maximum atomic E-state index is 12.7. The van der Waals surface area contributed by atoms with Crippen molar-refractivity contribution < 1.29 is 4.79 Å². The van der Waals surface area contributed by atoms with Crippen LogP contribution in [0, 0.1) is 17.3 Å². The number of hydrogen-bond donors (Lipinski definition) is 1. The molecule has 0 aromatic heterocycles. The van der Waals surface area contributed by atoms with Gasteiger partial charge in [0.05, 0.1) is 0 Å². The zero-order chi connectivity index (χ0) is 21.7. The third kappa shape index (κ3) is 3.62. The Hall–Kier alpha value is -1.71. The summed E-state index contributed by atoms with van der Waals surface area (Å²) < 4.78 is 0. The molecule has 0 bridgehead atoms. The third-order valence-electron chi connectivity index (χ3n) is 9.56. The molecule has 1 aromatic carbocycles. The Kier molecular flexibility index (Phi) is 5.38. The molecule has 5 aliphatic rings. The normalized spacial score (nSPS) is 35.2. The van der Waals surface area contributed by atoms with E-state index in [1.165, 1.54) is 55.2 Å². The van der Waals surface area contributed by atoms with Crippen molar-refractivity contribution in [2.45, 2.75) is 70.8 Å². The summed E-state index contributed by atoms with van der Waals surface area (Å²) in [7, 11) is 0. The topological polar surface area (TPSA) is 32.3 Å². The molecular formula is C29H38N2O. The molecule has 2 saturated carbocycles. The first-order chi connectivity index (χ1) is 15.6. The van der Waals surface area contributed by atoms with Crippen molar-refractivity contribution in [3.8, 4) is 0 Å². The highest BCUT2D eigenvalue weighted by molar-refractivity contribution is 5.94. The van der Waals surface area contributed by atoms with Crippen LogP contribution in [0.15, 0.2) is 47.1 Å². The largest absolute Gasteiger partial charge is 0.314 e. The number of fused-ring (bicyclic) bond motifs is 4. The van der Waals surface area contributed by atoms with Gasteiger partial charge in [0.2, 0.25) is 0 Å². The lowest BCUT2D eigenvalue weighted by Crippen LogP contribution is -2.42. The summed E-state index contributed by atoms with van der Waals surface area (Å²) in [6.45, 7) is 8.05. The number of ketones is 1. The second-order valence-electron chi connectivity index (χ2n) is 11.4. The molecule has 0 spiro atoms. The van der Waals surface area contributed by atoms with Gasteiger partial charge in [-0.2, -0.15) is 0 Å². The van der Waals surface area contributed by atoms with E-state index in [1.54, 1.807) is 11.1 Å². The van der Waals surface area contributed by atoms with Crippen LogP contribution in [-0.2, 0) is 11.3 Å². The van der Waals surface area contributed by atoms with Crippen LogP contribution in [0.3, 0.4) is 0 Å². The number of carbonyl (C=O) groups excluding carboxylic acids is 1. The average molecular weight is 431 g/mol. The molecule has 4 atom stereocenters. The predicted molar refractivity (Wildman–Crippen MR) is 129 cm³/mol. The maximum Gasteiger partial charge on any atom is 0.156 e. The van der Waals surface area contributed by atoms with Crippen LogP contribution in [0.25, 0.3) is 0 Å². The number of carbonyl (C=O) groups is 1. The first-order valence-corrected chi connectivity index (χ1v) is 13.1. The van der Waals surface area contributed by atoms with E-state index in [0.717, 1.165) is 51.0 Å². The van der Waals surface area contributed by atoms with Crippen LogP contribution in [0.1, 0.15) is 75.3 Å². The highest BCUT2D eigenvalue weighted by Crippen LogP contribution is 2.61. The molecule has 32 heavy (non-hydrogen) atoms. The Labute approximate surface area is 193 Å². The molecule has 3 nitrogen and oxygen atoms in total. The molecule has 1 N–H and O–H groups in total. The van der Waals surface area contributed by atoms with Crippen LogP contribution >= 0.6 is 0 Å². The number of nitrogens with one attached hydrogen (secondary N) is 1. The Bertz CT molecular complexity index is 952. The molecule has 3 fully saturated rings. The summed E-state index contributed by atoms with van der Waals surface area (Å²) >= 11 is 0. The van der Waals surface area contributed by atoms with E-state index in [0.29, 0.717) is 17.6 Å².